The van der Waals surface area contributed by atoms with E-state index in [1.807, 2.05) is 0 Å². The number of anilines is 1. The molecule has 2 aliphatic rings. The van der Waals surface area contributed by atoms with E-state index in [1.54, 1.807) is 0 Å². The molecule has 2 aromatic carbocycles. The SMILES string of the molecule is CN(C(=O)Oc1cc(F)c2c(c1)C(=O)N(C1CCC(=O)NC1=O)C2)c1cc(Cl)cc(Cl)c1. The minimum Gasteiger partial charge on any atom is -0.410 e. The molecule has 0 radical (unpaired) electrons. The number of carbonyl (C=O) groups excluding carboxylic acids is 4. The van der Waals surface area contributed by atoms with Crippen LogP contribution in [0.25, 0.3) is 0 Å². The van der Waals surface area contributed by atoms with Gasteiger partial charge in [0.25, 0.3) is 5.91 Å². The fraction of sp³-hybridized carbons (Fsp3) is 0.238. The zero-order chi connectivity index (χ0) is 23.2. The van der Waals surface area contributed by atoms with Gasteiger partial charge in [-0.05, 0) is 30.7 Å². The van der Waals surface area contributed by atoms with Gasteiger partial charge in [0.2, 0.25) is 11.8 Å². The summed E-state index contributed by atoms with van der Waals surface area (Å²) in [5.74, 6) is -2.52. The van der Waals surface area contributed by atoms with Gasteiger partial charge < -0.3 is 9.64 Å². The number of ether oxygens (including phenoxy) is 1. The first-order valence-electron chi connectivity index (χ1n) is 9.52. The molecule has 32 heavy (non-hydrogen) atoms. The molecule has 8 nitrogen and oxygen atoms in total. The van der Waals surface area contributed by atoms with Crippen LogP contribution < -0.4 is 15.0 Å². The summed E-state index contributed by atoms with van der Waals surface area (Å²) in [6, 6.07) is 5.87. The van der Waals surface area contributed by atoms with Gasteiger partial charge in [-0.1, -0.05) is 23.2 Å². The van der Waals surface area contributed by atoms with E-state index in [9.17, 15) is 23.6 Å². The van der Waals surface area contributed by atoms with Crippen molar-refractivity contribution < 1.29 is 28.3 Å². The maximum absolute atomic E-state index is 14.7. The Kier molecular flexibility index (Phi) is 5.79. The zero-order valence-corrected chi connectivity index (χ0v) is 18.2. The van der Waals surface area contributed by atoms with Crippen molar-refractivity contribution in [1.29, 1.82) is 0 Å². The third-order valence-electron chi connectivity index (χ3n) is 5.29. The van der Waals surface area contributed by atoms with Gasteiger partial charge in [-0.25, -0.2) is 9.18 Å². The van der Waals surface area contributed by atoms with Crippen molar-refractivity contribution >= 4 is 52.7 Å². The molecule has 166 valence electrons. The Morgan fingerprint density at radius 1 is 1.16 bits per heavy atom. The second kappa shape index (κ2) is 8.40. The summed E-state index contributed by atoms with van der Waals surface area (Å²) in [5.41, 5.74) is 0.440. The Morgan fingerprint density at radius 2 is 1.84 bits per heavy atom. The number of nitrogens with zero attached hydrogens (tertiary/aromatic N) is 2. The first-order valence-corrected chi connectivity index (χ1v) is 10.3. The summed E-state index contributed by atoms with van der Waals surface area (Å²) in [4.78, 5) is 51.2. The Hall–Kier alpha value is -3.17. The van der Waals surface area contributed by atoms with E-state index in [1.165, 1.54) is 36.2 Å². The van der Waals surface area contributed by atoms with Crippen LogP contribution in [0, 0.1) is 5.82 Å². The molecule has 0 spiro atoms. The first-order chi connectivity index (χ1) is 15.1. The third kappa shape index (κ3) is 4.13. The number of halogens is 3. The predicted octanol–water partition coefficient (Wildman–Crippen LogP) is 3.53. The molecule has 1 atom stereocenters. The number of hydrogen-bond acceptors (Lipinski definition) is 5. The number of amides is 4. The average molecular weight is 480 g/mol. The normalized spacial score (nSPS) is 17.8. The van der Waals surface area contributed by atoms with Crippen LogP contribution in [0.1, 0.15) is 28.8 Å². The minimum absolute atomic E-state index is 0.00838. The highest BCUT2D eigenvalue weighted by atomic mass is 35.5. The monoisotopic (exact) mass is 479 g/mol. The average Bonchev–Trinajstić information content (AvgIpc) is 3.04. The lowest BCUT2D eigenvalue weighted by atomic mass is 10.0. The van der Waals surface area contributed by atoms with Crippen LogP contribution in [0.4, 0.5) is 14.9 Å². The molecule has 2 aromatic rings. The van der Waals surface area contributed by atoms with Gasteiger partial charge in [-0.15, -0.1) is 0 Å². The molecule has 1 saturated heterocycles. The molecule has 11 heteroatoms. The van der Waals surface area contributed by atoms with Crippen molar-refractivity contribution in [3.05, 3.63) is 57.3 Å². The highest BCUT2D eigenvalue weighted by Crippen LogP contribution is 2.33. The van der Waals surface area contributed by atoms with Crippen molar-refractivity contribution in [3.63, 3.8) is 0 Å². The van der Waals surface area contributed by atoms with Crippen molar-refractivity contribution in [2.75, 3.05) is 11.9 Å². The van der Waals surface area contributed by atoms with Gasteiger partial charge in [0, 0.05) is 40.8 Å². The first kappa shape index (κ1) is 22.0. The molecule has 1 N–H and O–H groups in total. The van der Waals surface area contributed by atoms with Crippen molar-refractivity contribution in [1.82, 2.24) is 10.2 Å². The summed E-state index contributed by atoms with van der Waals surface area (Å²) in [5, 5.41) is 2.81. The summed E-state index contributed by atoms with van der Waals surface area (Å²) in [6.07, 6.45) is -0.613. The lowest BCUT2D eigenvalue weighted by molar-refractivity contribution is -0.136. The Morgan fingerprint density at radius 3 is 2.50 bits per heavy atom. The Labute approximate surface area is 191 Å². The van der Waals surface area contributed by atoms with Crippen LogP contribution in [0.3, 0.4) is 0 Å². The standard InChI is InChI=1S/C21H16Cl2FN3O5/c1-26(12-5-10(22)4-11(23)6-12)21(31)32-13-7-14-15(16(24)8-13)9-27(20(14)30)17-2-3-18(28)25-19(17)29/h4-8,17H,2-3,9H2,1H3,(H,25,28,29). The highest BCUT2D eigenvalue weighted by molar-refractivity contribution is 6.35. The van der Waals surface area contributed by atoms with E-state index in [4.69, 9.17) is 27.9 Å². The third-order valence-corrected chi connectivity index (χ3v) is 5.73. The number of imide groups is 1. The molecule has 2 aliphatic heterocycles. The maximum atomic E-state index is 14.7. The second-order valence-corrected chi connectivity index (χ2v) is 8.26. The van der Waals surface area contributed by atoms with Crippen LogP contribution in [-0.2, 0) is 16.1 Å². The van der Waals surface area contributed by atoms with E-state index < -0.39 is 35.7 Å². The number of rotatable bonds is 3. The van der Waals surface area contributed by atoms with Crippen molar-refractivity contribution in [2.45, 2.75) is 25.4 Å². The summed E-state index contributed by atoms with van der Waals surface area (Å²) in [7, 11) is 1.42. The molecule has 0 saturated carbocycles. The molecule has 0 aromatic heterocycles. The number of piperidine rings is 1. The molecule has 0 bridgehead atoms. The fourth-order valence-corrected chi connectivity index (χ4v) is 4.17. The van der Waals surface area contributed by atoms with Gasteiger partial charge >= 0.3 is 6.09 Å². The Bertz CT molecular complexity index is 1150. The molecular weight excluding hydrogens is 464 g/mol. The van der Waals surface area contributed by atoms with E-state index in [0.29, 0.717) is 15.7 Å². The molecule has 4 amide bonds. The minimum atomic E-state index is -0.878. The lowest BCUT2D eigenvalue weighted by Gasteiger charge is -2.29. The molecule has 0 aliphatic carbocycles. The number of benzene rings is 2. The number of nitrogens with one attached hydrogen (secondary N) is 1. The quantitative estimate of drug-likeness (QED) is 0.679. The largest absolute Gasteiger partial charge is 0.419 e. The molecule has 1 unspecified atom stereocenters. The highest BCUT2D eigenvalue weighted by Gasteiger charge is 2.40. The van der Waals surface area contributed by atoms with Crippen LogP contribution in [0.2, 0.25) is 10.0 Å². The van der Waals surface area contributed by atoms with Crippen LogP contribution >= 0.6 is 23.2 Å². The van der Waals surface area contributed by atoms with Crippen LogP contribution in [-0.4, -0.2) is 41.8 Å². The summed E-state index contributed by atoms with van der Waals surface area (Å²) < 4.78 is 20.0. The zero-order valence-electron chi connectivity index (χ0n) is 16.7. The number of carbonyl (C=O) groups is 4. The van der Waals surface area contributed by atoms with E-state index in [2.05, 4.69) is 5.32 Å². The van der Waals surface area contributed by atoms with Crippen LogP contribution in [0.5, 0.6) is 5.75 Å². The topological polar surface area (TPSA) is 96.0 Å². The lowest BCUT2D eigenvalue weighted by Crippen LogP contribution is -2.52. The molecular formula is C21H16Cl2FN3O5. The summed E-state index contributed by atoms with van der Waals surface area (Å²) >= 11 is 11.9. The van der Waals surface area contributed by atoms with Gasteiger partial charge in [0.05, 0.1) is 12.1 Å². The van der Waals surface area contributed by atoms with E-state index in [-0.39, 0.29) is 36.3 Å². The van der Waals surface area contributed by atoms with Crippen LogP contribution in [0.15, 0.2) is 30.3 Å². The predicted molar refractivity (Wildman–Crippen MR) is 113 cm³/mol. The van der Waals surface area contributed by atoms with Crippen molar-refractivity contribution in [3.8, 4) is 5.75 Å². The smallest absolute Gasteiger partial charge is 0.410 e. The van der Waals surface area contributed by atoms with Gasteiger partial charge in [0.15, 0.2) is 0 Å². The van der Waals surface area contributed by atoms with Gasteiger partial charge in [-0.2, -0.15) is 0 Å². The van der Waals surface area contributed by atoms with Gasteiger partial charge in [-0.3, -0.25) is 24.6 Å². The maximum Gasteiger partial charge on any atom is 0.419 e. The number of hydrogen-bond donors (Lipinski definition) is 1. The molecule has 1 fully saturated rings. The van der Waals surface area contributed by atoms with E-state index in [0.717, 1.165) is 11.0 Å². The summed E-state index contributed by atoms with van der Waals surface area (Å²) in [6.45, 7) is -0.124. The molecule has 4 rings (SSSR count). The van der Waals surface area contributed by atoms with Gasteiger partial charge in [0.1, 0.15) is 17.6 Å². The van der Waals surface area contributed by atoms with Crippen molar-refractivity contribution in [2.24, 2.45) is 0 Å². The van der Waals surface area contributed by atoms with E-state index >= 15 is 0 Å². The second-order valence-electron chi connectivity index (χ2n) is 7.39. The fourth-order valence-electron chi connectivity index (χ4n) is 3.66. The molecule has 2 heterocycles. The number of fused-ring (bicyclic) bond motifs is 1. The Balaban J connectivity index is 1.54.